The predicted octanol–water partition coefficient (Wildman–Crippen LogP) is 1.01. The van der Waals surface area contributed by atoms with E-state index in [2.05, 4.69) is 15.5 Å². The van der Waals surface area contributed by atoms with Gasteiger partial charge >= 0.3 is 0 Å². The maximum absolute atomic E-state index is 4.10. The zero-order valence-electron chi connectivity index (χ0n) is 7.01. The van der Waals surface area contributed by atoms with Crippen molar-refractivity contribution in [3.8, 4) is 0 Å². The average molecular weight is 163 g/mol. The third-order valence-corrected chi connectivity index (χ3v) is 3.01. The fourth-order valence-corrected chi connectivity index (χ4v) is 2.17. The van der Waals surface area contributed by atoms with Gasteiger partial charge in [0.2, 0.25) is 0 Å². The van der Waals surface area contributed by atoms with Crippen LogP contribution in [0.25, 0.3) is 0 Å². The first kappa shape index (κ1) is 6.66. The summed E-state index contributed by atoms with van der Waals surface area (Å²) < 4.78 is 0. The minimum atomic E-state index is 0.743. The van der Waals surface area contributed by atoms with Gasteiger partial charge in [0, 0.05) is 19.0 Å². The molecule has 0 saturated heterocycles. The van der Waals surface area contributed by atoms with E-state index in [4.69, 9.17) is 0 Å². The van der Waals surface area contributed by atoms with E-state index < -0.39 is 0 Å². The Morgan fingerprint density at radius 2 is 2.33 bits per heavy atom. The molecular weight excluding hydrogens is 150 g/mol. The summed E-state index contributed by atoms with van der Waals surface area (Å²) in [5.74, 6) is 1.68. The van der Waals surface area contributed by atoms with Crippen LogP contribution in [-0.2, 0) is 6.54 Å². The Labute approximate surface area is 71.6 Å². The third kappa shape index (κ3) is 0.894. The van der Waals surface area contributed by atoms with E-state index in [-0.39, 0.29) is 0 Å². The van der Waals surface area contributed by atoms with Crippen molar-refractivity contribution in [1.29, 1.82) is 0 Å². The van der Waals surface area contributed by atoms with Crippen molar-refractivity contribution in [3.05, 3.63) is 17.5 Å². The molecule has 1 aliphatic carbocycles. The van der Waals surface area contributed by atoms with Crippen molar-refractivity contribution >= 4 is 0 Å². The van der Waals surface area contributed by atoms with Gasteiger partial charge in [0.1, 0.15) is 0 Å². The summed E-state index contributed by atoms with van der Waals surface area (Å²) in [7, 11) is 0. The molecule has 1 aliphatic heterocycles. The molecule has 1 fully saturated rings. The van der Waals surface area contributed by atoms with Gasteiger partial charge in [-0.25, -0.2) is 0 Å². The molecule has 1 aromatic heterocycles. The number of fused-ring (bicyclic) bond motifs is 1. The number of hydrogen-bond acceptors (Lipinski definition) is 2. The van der Waals surface area contributed by atoms with Crippen LogP contribution in [0.1, 0.15) is 30.0 Å². The number of rotatable bonds is 1. The fourth-order valence-electron chi connectivity index (χ4n) is 2.17. The molecule has 0 bridgehead atoms. The van der Waals surface area contributed by atoms with Crippen LogP contribution in [-0.4, -0.2) is 16.7 Å². The molecule has 64 valence electrons. The molecule has 2 aliphatic rings. The monoisotopic (exact) mass is 163 g/mol. The molecule has 1 atom stereocenters. The Balaban J connectivity index is 1.97. The summed E-state index contributed by atoms with van der Waals surface area (Å²) in [4.78, 5) is 0. The molecule has 1 unspecified atom stereocenters. The number of nitrogens with one attached hydrogen (secondary N) is 2. The van der Waals surface area contributed by atoms with Crippen LogP contribution in [0.5, 0.6) is 0 Å². The normalized spacial score (nSPS) is 28.5. The first-order valence-electron chi connectivity index (χ1n) is 4.68. The van der Waals surface area contributed by atoms with Crippen LogP contribution in [0.4, 0.5) is 0 Å². The highest BCUT2D eigenvalue weighted by molar-refractivity contribution is 5.26. The molecule has 3 nitrogen and oxygen atoms in total. The highest BCUT2D eigenvalue weighted by Crippen LogP contribution is 2.43. The molecule has 2 N–H and O–H groups in total. The second-order valence-electron chi connectivity index (χ2n) is 3.88. The van der Waals surface area contributed by atoms with Crippen LogP contribution in [0.15, 0.2) is 6.20 Å². The van der Waals surface area contributed by atoms with Crippen LogP contribution in [0.2, 0.25) is 0 Å². The highest BCUT2D eigenvalue weighted by atomic mass is 15.1. The lowest BCUT2D eigenvalue weighted by molar-refractivity contribution is 0.496. The summed E-state index contributed by atoms with van der Waals surface area (Å²) in [5, 5.41) is 10.6. The van der Waals surface area contributed by atoms with E-state index in [0.29, 0.717) is 0 Å². The lowest BCUT2D eigenvalue weighted by atomic mass is 9.92. The molecule has 1 aromatic rings. The highest BCUT2D eigenvalue weighted by Gasteiger charge is 2.35. The van der Waals surface area contributed by atoms with Gasteiger partial charge in [-0.2, -0.15) is 5.10 Å². The van der Waals surface area contributed by atoms with Crippen molar-refractivity contribution in [3.63, 3.8) is 0 Å². The molecule has 3 rings (SSSR count). The van der Waals surface area contributed by atoms with E-state index in [1.54, 1.807) is 0 Å². The Kier molecular flexibility index (Phi) is 1.29. The zero-order chi connectivity index (χ0) is 7.97. The van der Waals surface area contributed by atoms with Gasteiger partial charge in [-0.15, -0.1) is 0 Å². The van der Waals surface area contributed by atoms with Crippen LogP contribution < -0.4 is 5.32 Å². The average Bonchev–Trinajstić information content (AvgIpc) is 2.82. The van der Waals surface area contributed by atoms with Gasteiger partial charge in [0.25, 0.3) is 0 Å². The fraction of sp³-hybridized carbons (Fsp3) is 0.667. The second-order valence-corrected chi connectivity index (χ2v) is 3.88. The van der Waals surface area contributed by atoms with Crippen molar-refractivity contribution < 1.29 is 0 Å². The zero-order valence-corrected chi connectivity index (χ0v) is 7.01. The molecule has 0 spiro atoms. The molecule has 12 heavy (non-hydrogen) atoms. The Hall–Kier alpha value is -0.830. The summed E-state index contributed by atoms with van der Waals surface area (Å²) in [5.41, 5.74) is 2.77. The van der Waals surface area contributed by atoms with Crippen LogP contribution >= 0.6 is 0 Å². The number of hydrogen-bond donors (Lipinski definition) is 2. The number of H-pyrrole nitrogens is 1. The van der Waals surface area contributed by atoms with E-state index in [0.717, 1.165) is 24.9 Å². The van der Waals surface area contributed by atoms with E-state index in [9.17, 15) is 0 Å². The standard InChI is InChI=1S/C9H13N3/c1-2-6(1)7-3-10-5-9-8(7)4-11-12-9/h4,6-7,10H,1-3,5H2,(H,11,12). The molecule has 0 aromatic carbocycles. The van der Waals surface area contributed by atoms with E-state index >= 15 is 0 Å². The Bertz CT molecular complexity index is 288. The summed E-state index contributed by atoms with van der Waals surface area (Å²) in [6, 6.07) is 0. The van der Waals surface area contributed by atoms with Gasteiger partial charge < -0.3 is 5.32 Å². The summed E-state index contributed by atoms with van der Waals surface area (Å²) >= 11 is 0. The van der Waals surface area contributed by atoms with Crippen molar-refractivity contribution in [1.82, 2.24) is 15.5 Å². The largest absolute Gasteiger partial charge is 0.311 e. The summed E-state index contributed by atoms with van der Waals surface area (Å²) in [6.07, 6.45) is 4.84. The van der Waals surface area contributed by atoms with Gasteiger partial charge in [0.15, 0.2) is 0 Å². The van der Waals surface area contributed by atoms with Gasteiger partial charge in [-0.3, -0.25) is 5.10 Å². The molecule has 1 saturated carbocycles. The lowest BCUT2D eigenvalue weighted by Crippen LogP contribution is -2.28. The SMILES string of the molecule is c1n[nH]c2c1C(C1CC1)CNC2. The molecule has 2 heterocycles. The maximum Gasteiger partial charge on any atom is 0.0526 e. The molecule has 0 amide bonds. The number of nitrogens with zero attached hydrogens (tertiary/aromatic N) is 1. The van der Waals surface area contributed by atoms with Gasteiger partial charge in [-0.05, 0) is 24.3 Å². The van der Waals surface area contributed by atoms with E-state index in [1.807, 2.05) is 6.20 Å². The Morgan fingerprint density at radius 3 is 3.17 bits per heavy atom. The van der Waals surface area contributed by atoms with Crippen LogP contribution in [0, 0.1) is 5.92 Å². The molecule has 0 radical (unpaired) electrons. The van der Waals surface area contributed by atoms with Gasteiger partial charge in [0.05, 0.1) is 11.9 Å². The van der Waals surface area contributed by atoms with Crippen molar-refractivity contribution in [2.45, 2.75) is 25.3 Å². The topological polar surface area (TPSA) is 40.7 Å². The van der Waals surface area contributed by atoms with Crippen molar-refractivity contribution in [2.24, 2.45) is 5.92 Å². The minimum absolute atomic E-state index is 0.743. The molecule has 3 heteroatoms. The van der Waals surface area contributed by atoms with Crippen LogP contribution in [0.3, 0.4) is 0 Å². The predicted molar refractivity (Wildman–Crippen MR) is 45.8 cm³/mol. The van der Waals surface area contributed by atoms with Crippen molar-refractivity contribution in [2.75, 3.05) is 6.54 Å². The first-order valence-corrected chi connectivity index (χ1v) is 4.68. The minimum Gasteiger partial charge on any atom is -0.311 e. The number of aromatic amines is 1. The first-order chi connectivity index (χ1) is 5.95. The number of aromatic nitrogens is 2. The lowest BCUT2D eigenvalue weighted by Gasteiger charge is -2.22. The van der Waals surface area contributed by atoms with Gasteiger partial charge in [-0.1, -0.05) is 0 Å². The quantitative estimate of drug-likeness (QED) is 0.648. The summed E-state index contributed by atoms with van der Waals surface area (Å²) in [6.45, 7) is 2.12. The Morgan fingerprint density at radius 1 is 1.42 bits per heavy atom. The smallest absolute Gasteiger partial charge is 0.0526 e. The third-order valence-electron chi connectivity index (χ3n) is 3.01. The maximum atomic E-state index is 4.10. The second kappa shape index (κ2) is 2.33. The molecular formula is C9H13N3. The van der Waals surface area contributed by atoms with E-state index in [1.165, 1.54) is 24.1 Å².